The molecule has 3 heteroatoms. The summed E-state index contributed by atoms with van der Waals surface area (Å²) in [6.07, 6.45) is -0.00637. The van der Waals surface area contributed by atoms with Crippen LogP contribution in [0.5, 0.6) is 5.75 Å². The predicted molar refractivity (Wildman–Crippen MR) is 62.4 cm³/mol. The first-order valence-corrected chi connectivity index (χ1v) is 5.54. The molecule has 1 aromatic rings. The molecule has 0 bridgehead atoms. The summed E-state index contributed by atoms with van der Waals surface area (Å²) in [7, 11) is 0. The summed E-state index contributed by atoms with van der Waals surface area (Å²) in [5, 5.41) is 0. The average Bonchev–Trinajstić information content (AvgIpc) is 2.30. The van der Waals surface area contributed by atoms with Gasteiger partial charge in [-0.25, -0.2) is 0 Å². The molecule has 0 saturated heterocycles. The molecule has 0 saturated carbocycles. The van der Waals surface area contributed by atoms with E-state index in [1.54, 1.807) is 6.92 Å². The number of carbonyl (C=O) groups is 1. The summed E-state index contributed by atoms with van der Waals surface area (Å²) in [4.78, 5) is 11.1. The average molecular weight is 222 g/mol. The number of esters is 1. The molecule has 3 nitrogen and oxygen atoms in total. The highest BCUT2D eigenvalue weighted by molar-refractivity contribution is 5.69. The van der Waals surface area contributed by atoms with Gasteiger partial charge in [-0.1, -0.05) is 25.1 Å². The summed E-state index contributed by atoms with van der Waals surface area (Å²) in [5.74, 6) is 0.588. The van der Waals surface area contributed by atoms with E-state index >= 15 is 0 Å². The molecule has 1 aromatic carbocycles. The first-order chi connectivity index (χ1) is 7.63. The minimum Gasteiger partial charge on any atom is -0.487 e. The van der Waals surface area contributed by atoms with Crippen LogP contribution in [0.15, 0.2) is 30.3 Å². The molecule has 0 amide bonds. The Hall–Kier alpha value is -1.51. The zero-order chi connectivity index (χ0) is 12.0. The lowest BCUT2D eigenvalue weighted by Crippen LogP contribution is -2.30. The van der Waals surface area contributed by atoms with E-state index in [1.807, 2.05) is 44.2 Å². The van der Waals surface area contributed by atoms with Gasteiger partial charge in [0.05, 0.1) is 0 Å². The molecular formula is C13H18O3. The number of para-hydroxylation sites is 1. The van der Waals surface area contributed by atoms with Gasteiger partial charge in [0, 0.05) is 6.42 Å². The summed E-state index contributed by atoms with van der Waals surface area (Å²) in [5.41, 5.74) is 0. The number of benzene rings is 1. The maximum absolute atomic E-state index is 11.1. The zero-order valence-electron chi connectivity index (χ0n) is 9.97. The molecule has 0 N–H and O–H groups in total. The van der Waals surface area contributed by atoms with Crippen molar-refractivity contribution in [3.63, 3.8) is 0 Å². The Kier molecular flexibility index (Phi) is 4.83. The van der Waals surface area contributed by atoms with E-state index in [-0.39, 0.29) is 18.2 Å². The highest BCUT2D eigenvalue weighted by Crippen LogP contribution is 2.13. The summed E-state index contributed by atoms with van der Waals surface area (Å²) in [6.45, 7) is 5.50. The van der Waals surface area contributed by atoms with Gasteiger partial charge in [0.2, 0.25) is 0 Å². The number of ether oxygens (including phenoxy) is 2. The zero-order valence-corrected chi connectivity index (χ0v) is 9.97. The minimum absolute atomic E-state index is 0.155. The van der Waals surface area contributed by atoms with Crippen molar-refractivity contribution in [2.24, 2.45) is 0 Å². The van der Waals surface area contributed by atoms with Crippen LogP contribution in [0, 0.1) is 0 Å². The maximum atomic E-state index is 11.1. The van der Waals surface area contributed by atoms with Crippen molar-refractivity contribution in [1.29, 1.82) is 0 Å². The van der Waals surface area contributed by atoms with Gasteiger partial charge in [0.1, 0.15) is 18.0 Å². The van der Waals surface area contributed by atoms with Crippen molar-refractivity contribution in [2.45, 2.75) is 39.4 Å². The quantitative estimate of drug-likeness (QED) is 0.719. The van der Waals surface area contributed by atoms with Gasteiger partial charge < -0.3 is 9.47 Å². The largest absolute Gasteiger partial charge is 0.487 e. The van der Waals surface area contributed by atoms with Crippen molar-refractivity contribution in [3.05, 3.63) is 30.3 Å². The molecule has 88 valence electrons. The molecule has 0 fully saturated rings. The van der Waals surface area contributed by atoms with Crippen LogP contribution < -0.4 is 4.74 Å². The monoisotopic (exact) mass is 222 g/mol. The smallest absolute Gasteiger partial charge is 0.305 e. The van der Waals surface area contributed by atoms with Crippen molar-refractivity contribution in [2.75, 3.05) is 0 Å². The van der Waals surface area contributed by atoms with Crippen LogP contribution in [0.25, 0.3) is 0 Å². The normalized spacial score (nSPS) is 13.9. The molecule has 1 rings (SSSR count). The number of hydrogen-bond acceptors (Lipinski definition) is 3. The van der Waals surface area contributed by atoms with E-state index in [0.29, 0.717) is 6.42 Å². The lowest BCUT2D eigenvalue weighted by molar-refractivity contribution is -0.151. The molecule has 0 aliphatic carbocycles. The summed E-state index contributed by atoms with van der Waals surface area (Å²) < 4.78 is 10.8. The van der Waals surface area contributed by atoms with E-state index in [4.69, 9.17) is 9.47 Å². The van der Waals surface area contributed by atoms with Crippen molar-refractivity contribution < 1.29 is 14.3 Å². The summed E-state index contributed by atoms with van der Waals surface area (Å²) in [6, 6.07) is 9.50. The predicted octanol–water partition coefficient (Wildman–Crippen LogP) is 2.80. The fraction of sp³-hybridized carbons (Fsp3) is 0.462. The van der Waals surface area contributed by atoms with Gasteiger partial charge in [-0.3, -0.25) is 4.79 Å². The number of hydrogen-bond donors (Lipinski definition) is 0. The first kappa shape index (κ1) is 12.6. The second kappa shape index (κ2) is 6.16. The van der Waals surface area contributed by atoms with E-state index in [9.17, 15) is 4.79 Å². The van der Waals surface area contributed by atoms with Crippen molar-refractivity contribution >= 4 is 5.97 Å². The van der Waals surface area contributed by atoms with E-state index in [0.717, 1.165) is 5.75 Å². The second-order valence-corrected chi connectivity index (χ2v) is 3.68. The molecule has 0 spiro atoms. The Labute approximate surface area is 96.4 Å². The lowest BCUT2D eigenvalue weighted by Gasteiger charge is -2.21. The Morgan fingerprint density at radius 2 is 1.81 bits per heavy atom. The van der Waals surface area contributed by atoms with Crippen LogP contribution in [0.2, 0.25) is 0 Å². The number of rotatable bonds is 5. The first-order valence-electron chi connectivity index (χ1n) is 5.54. The maximum Gasteiger partial charge on any atom is 0.305 e. The van der Waals surface area contributed by atoms with E-state index < -0.39 is 0 Å². The van der Waals surface area contributed by atoms with Crippen LogP contribution in [0.1, 0.15) is 27.2 Å². The topological polar surface area (TPSA) is 35.5 Å². The van der Waals surface area contributed by atoms with Gasteiger partial charge in [0.25, 0.3) is 0 Å². The van der Waals surface area contributed by atoms with Gasteiger partial charge in [-0.05, 0) is 26.0 Å². The third-order valence-corrected chi connectivity index (χ3v) is 2.33. The SMILES string of the molecule is CCC(=O)OC(C)C(C)Oc1ccccc1. The molecule has 0 aliphatic heterocycles. The van der Waals surface area contributed by atoms with Crippen molar-refractivity contribution in [1.82, 2.24) is 0 Å². The molecule has 2 unspecified atom stereocenters. The fourth-order valence-corrected chi connectivity index (χ4v) is 1.20. The van der Waals surface area contributed by atoms with Crippen LogP contribution in [-0.4, -0.2) is 18.2 Å². The van der Waals surface area contributed by atoms with Gasteiger partial charge in [-0.2, -0.15) is 0 Å². The van der Waals surface area contributed by atoms with Gasteiger partial charge >= 0.3 is 5.97 Å². The third kappa shape index (κ3) is 3.93. The molecule has 0 heterocycles. The molecular weight excluding hydrogens is 204 g/mol. The van der Waals surface area contributed by atoms with Crippen LogP contribution in [0.4, 0.5) is 0 Å². The Morgan fingerprint density at radius 1 is 1.19 bits per heavy atom. The van der Waals surface area contributed by atoms with Crippen LogP contribution in [0.3, 0.4) is 0 Å². The Bertz CT molecular complexity index is 321. The molecule has 0 aliphatic rings. The highest BCUT2D eigenvalue weighted by Gasteiger charge is 2.17. The van der Waals surface area contributed by atoms with Gasteiger partial charge in [-0.15, -0.1) is 0 Å². The van der Waals surface area contributed by atoms with Crippen LogP contribution >= 0.6 is 0 Å². The van der Waals surface area contributed by atoms with Gasteiger partial charge in [0.15, 0.2) is 0 Å². The lowest BCUT2D eigenvalue weighted by atomic mass is 10.2. The molecule has 0 aromatic heterocycles. The fourth-order valence-electron chi connectivity index (χ4n) is 1.20. The second-order valence-electron chi connectivity index (χ2n) is 3.68. The molecule has 16 heavy (non-hydrogen) atoms. The standard InChI is InChI=1S/C13H18O3/c1-4-13(14)16-11(3)10(2)15-12-8-6-5-7-9-12/h5-11H,4H2,1-3H3. The van der Waals surface area contributed by atoms with Crippen molar-refractivity contribution in [3.8, 4) is 5.75 Å². The highest BCUT2D eigenvalue weighted by atomic mass is 16.6. The third-order valence-electron chi connectivity index (χ3n) is 2.33. The number of carbonyl (C=O) groups excluding carboxylic acids is 1. The molecule has 2 atom stereocenters. The van der Waals surface area contributed by atoms with E-state index in [1.165, 1.54) is 0 Å². The van der Waals surface area contributed by atoms with E-state index in [2.05, 4.69) is 0 Å². The minimum atomic E-state index is -0.243. The van der Waals surface area contributed by atoms with Crippen LogP contribution in [-0.2, 0) is 9.53 Å². The Morgan fingerprint density at radius 3 is 2.38 bits per heavy atom. The summed E-state index contributed by atoms with van der Waals surface area (Å²) >= 11 is 0. The Balaban J connectivity index is 2.46. The molecule has 0 radical (unpaired) electrons.